The number of piperidine rings is 1. The van der Waals surface area contributed by atoms with Crippen molar-refractivity contribution in [3.8, 4) is 5.75 Å². The van der Waals surface area contributed by atoms with Crippen molar-refractivity contribution >= 4 is 14.6 Å². The number of carbonyl (C=O) groups is 1. The van der Waals surface area contributed by atoms with Gasteiger partial charge in [-0.1, -0.05) is 0 Å². The Labute approximate surface area is 181 Å². The summed E-state index contributed by atoms with van der Waals surface area (Å²) in [6.07, 6.45) is -4.01. The number of ether oxygens (including phenoxy) is 1. The van der Waals surface area contributed by atoms with Crippen molar-refractivity contribution in [1.29, 1.82) is 0 Å². The van der Waals surface area contributed by atoms with Gasteiger partial charge >= 0.3 is 181 Å². The van der Waals surface area contributed by atoms with Crippen molar-refractivity contribution in [3.05, 3.63) is 59.7 Å². The first-order valence-electron chi connectivity index (χ1n) is 8.93. The maximum absolute atomic E-state index is 12.3. The number of hydrogen-bond acceptors (Lipinski definition) is 5. The van der Waals surface area contributed by atoms with Crippen LogP contribution in [0.25, 0.3) is 0 Å². The van der Waals surface area contributed by atoms with Crippen LogP contribution in [-0.2, 0) is 21.3 Å². The number of hydroxylamine groups is 1. The van der Waals surface area contributed by atoms with Gasteiger partial charge in [-0.25, -0.2) is 0 Å². The number of aliphatic hydroxyl groups is 1. The molecule has 3 N–H and O–H groups in total. The van der Waals surface area contributed by atoms with Crippen LogP contribution in [0.5, 0.6) is 5.75 Å². The van der Waals surface area contributed by atoms with E-state index >= 15 is 0 Å². The summed E-state index contributed by atoms with van der Waals surface area (Å²) in [7, 11) is -0.516. The normalized spacial score (nSPS) is 17.9. The van der Waals surface area contributed by atoms with E-state index < -0.39 is 26.6 Å². The molecule has 0 aromatic heterocycles. The molecule has 1 amide bonds. The van der Waals surface area contributed by atoms with Crippen LogP contribution in [0.2, 0.25) is 0 Å². The molecule has 1 heterocycles. The molecule has 2 aromatic carbocycles. The fourth-order valence-electron chi connectivity index (χ4n) is 3.30. The van der Waals surface area contributed by atoms with Crippen LogP contribution >= 0.6 is 8.74 Å². The molecule has 0 aliphatic carbocycles. The summed E-state index contributed by atoms with van der Waals surface area (Å²) in [5, 5.41) is 20.0. The van der Waals surface area contributed by atoms with Gasteiger partial charge in [-0.3, -0.25) is 0 Å². The number of halogens is 3. The van der Waals surface area contributed by atoms with E-state index in [-0.39, 0.29) is 5.75 Å². The molecule has 6 nitrogen and oxygen atoms in total. The number of carbonyl (C=O) groups excluding carboxylic acids is 1. The number of nitrogens with one attached hydrogen (secondary N) is 1. The van der Waals surface area contributed by atoms with E-state index in [0.29, 0.717) is 37.1 Å². The first-order valence-corrected chi connectivity index (χ1v) is 11.8. The summed E-state index contributed by atoms with van der Waals surface area (Å²) in [5.41, 5.74) is 1.39. The third kappa shape index (κ3) is 5.32. The Morgan fingerprint density at radius 1 is 1.13 bits per heavy atom. The van der Waals surface area contributed by atoms with E-state index in [9.17, 15) is 23.1 Å². The number of rotatable bonds is 5. The topological polar surface area (TPSA) is 82.0 Å². The monoisotopic (exact) mass is 479 g/mol. The molecule has 0 saturated carbocycles. The summed E-state index contributed by atoms with van der Waals surface area (Å²) in [6.45, 7) is 1.04. The Hall–Kier alpha value is -1.69. The molecule has 2 aromatic rings. The number of hydrogen-bond donors (Lipinski definition) is 3. The Morgan fingerprint density at radius 3 is 2.30 bits per heavy atom. The second kappa shape index (κ2) is 9.21. The van der Waals surface area contributed by atoms with Gasteiger partial charge in [0, 0.05) is 0 Å². The average molecular weight is 479 g/mol. The molecule has 1 atom stereocenters. The molecular weight excluding hydrogens is 460 g/mol. The molecular formula is C19H19F3N2O4SV. The van der Waals surface area contributed by atoms with Gasteiger partial charge in [0.25, 0.3) is 0 Å². The summed E-state index contributed by atoms with van der Waals surface area (Å²) in [6, 6.07) is 12.2. The van der Waals surface area contributed by atoms with Crippen molar-refractivity contribution in [3.63, 3.8) is 0 Å². The Kier molecular flexibility index (Phi) is 7.06. The summed E-state index contributed by atoms with van der Waals surface area (Å²) in [4.78, 5) is 12.7. The molecule has 1 aliphatic heterocycles. The molecule has 30 heavy (non-hydrogen) atoms. The number of amides is 1. The van der Waals surface area contributed by atoms with E-state index in [1.165, 1.54) is 24.3 Å². The second-order valence-corrected chi connectivity index (χ2v) is 9.84. The maximum atomic E-state index is 12.3. The van der Waals surface area contributed by atoms with Gasteiger partial charge in [0.05, 0.1) is 0 Å². The third-order valence-electron chi connectivity index (χ3n) is 4.85. The van der Waals surface area contributed by atoms with Gasteiger partial charge in [0.15, 0.2) is 0 Å². The van der Waals surface area contributed by atoms with E-state index in [4.69, 9.17) is 5.21 Å². The van der Waals surface area contributed by atoms with Gasteiger partial charge in [-0.05, 0) is 0 Å². The fraction of sp³-hybridized carbons (Fsp3) is 0.316. The molecule has 1 unspecified atom stereocenters. The molecule has 1 fully saturated rings. The molecule has 0 bridgehead atoms. The Morgan fingerprint density at radius 2 is 1.73 bits per heavy atom. The zero-order valence-electron chi connectivity index (χ0n) is 15.6. The van der Waals surface area contributed by atoms with Crippen molar-refractivity contribution in [2.75, 3.05) is 13.1 Å². The second-order valence-electron chi connectivity index (χ2n) is 6.73. The predicted octanol–water partition coefficient (Wildman–Crippen LogP) is 3.69. The van der Waals surface area contributed by atoms with Gasteiger partial charge in [0.2, 0.25) is 0 Å². The predicted molar refractivity (Wildman–Crippen MR) is 99.4 cm³/mol. The van der Waals surface area contributed by atoms with E-state index in [2.05, 4.69) is 24.8 Å². The van der Waals surface area contributed by atoms with Gasteiger partial charge in [-0.15, -0.1) is 0 Å². The average Bonchev–Trinajstić information content (AvgIpc) is 2.72. The Balaban J connectivity index is 1.70. The van der Waals surface area contributed by atoms with E-state index in [1.54, 1.807) is 17.6 Å². The fourth-order valence-corrected chi connectivity index (χ4v) is 6.17. The van der Waals surface area contributed by atoms with Crippen LogP contribution in [0.3, 0.4) is 0 Å². The SMILES string of the molecule is O=C(NO)c1ccccc1[S](=[V])N1CCC(O)(c2ccc(OC(F)(F)F)cc2)CC1. The Bertz CT molecular complexity index is 932. The van der Waals surface area contributed by atoms with Gasteiger partial charge in [0.1, 0.15) is 0 Å². The molecule has 1 saturated heterocycles. The zero-order chi connectivity index (χ0) is 21.9. The first kappa shape index (κ1) is 23.0. The van der Waals surface area contributed by atoms with Crippen LogP contribution < -0.4 is 10.2 Å². The van der Waals surface area contributed by atoms with Crippen molar-refractivity contribution in [2.24, 2.45) is 0 Å². The molecule has 0 spiro atoms. The van der Waals surface area contributed by atoms with Crippen molar-refractivity contribution < 1.29 is 48.7 Å². The molecule has 161 valence electrons. The zero-order valence-corrected chi connectivity index (χ0v) is 17.8. The van der Waals surface area contributed by atoms with Crippen LogP contribution in [0.15, 0.2) is 53.4 Å². The summed E-state index contributed by atoms with van der Waals surface area (Å²) < 4.78 is 42.9. The summed E-state index contributed by atoms with van der Waals surface area (Å²) >= 11 is 2.52. The van der Waals surface area contributed by atoms with Gasteiger partial charge in [-0.2, -0.15) is 0 Å². The van der Waals surface area contributed by atoms with Gasteiger partial charge < -0.3 is 0 Å². The molecule has 0 radical (unpaired) electrons. The quantitative estimate of drug-likeness (QED) is 0.450. The van der Waals surface area contributed by atoms with Crippen LogP contribution in [0, 0.1) is 0 Å². The number of nitrogens with zero attached hydrogens (tertiary/aromatic N) is 1. The van der Waals surface area contributed by atoms with Crippen LogP contribution in [-0.4, -0.2) is 40.0 Å². The van der Waals surface area contributed by atoms with E-state index in [0.717, 1.165) is 4.90 Å². The van der Waals surface area contributed by atoms with E-state index in [1.807, 2.05) is 12.1 Å². The molecule has 3 rings (SSSR count). The number of benzene rings is 2. The minimum absolute atomic E-state index is 0.335. The molecule has 1 aliphatic rings. The standard InChI is InChI=1S/C19H19F3N2O4S.V/c20-19(21,22)28-14-7-5-13(6-8-14)18(26)9-11-24(12-10-18)29-16-4-2-1-3-15(16)17(25)23-27;/h1-8,26-27H,9-12H2,(H,23,25);. The molecule has 11 heteroatoms. The minimum atomic E-state index is -4.76. The number of alkyl halides is 3. The first-order chi connectivity index (χ1) is 14.1. The van der Waals surface area contributed by atoms with Crippen LogP contribution in [0.4, 0.5) is 13.2 Å². The third-order valence-corrected chi connectivity index (χ3v) is 8.46. The summed E-state index contributed by atoms with van der Waals surface area (Å²) in [5.74, 6) is -0.928. The van der Waals surface area contributed by atoms with Crippen molar-refractivity contribution in [1.82, 2.24) is 9.79 Å². The van der Waals surface area contributed by atoms with Crippen LogP contribution in [0.1, 0.15) is 28.8 Å². The van der Waals surface area contributed by atoms with Crippen molar-refractivity contribution in [2.45, 2.75) is 29.7 Å².